The summed E-state index contributed by atoms with van der Waals surface area (Å²) < 4.78 is 0. The highest BCUT2D eigenvalue weighted by atomic mass is 14.2. The Morgan fingerprint density at radius 1 is 1.18 bits per heavy atom. The average Bonchev–Trinajstić information content (AvgIpc) is 1.88. The van der Waals surface area contributed by atoms with E-state index in [0.717, 1.165) is 11.8 Å². The maximum absolute atomic E-state index is 4.15. The first-order valence-electron chi connectivity index (χ1n) is 4.69. The standard InChI is InChI=1S/C11H22/c1-7-11(9(4)5)10(6)8(2)3/h8-9,11H,6-7H2,1-5H3. The van der Waals surface area contributed by atoms with Crippen LogP contribution in [0.25, 0.3) is 0 Å². The fourth-order valence-electron chi connectivity index (χ4n) is 1.59. The Kier molecular flexibility index (Phi) is 4.48. The van der Waals surface area contributed by atoms with E-state index in [1.54, 1.807) is 0 Å². The summed E-state index contributed by atoms with van der Waals surface area (Å²) in [6.45, 7) is 15.4. The lowest BCUT2D eigenvalue weighted by molar-refractivity contribution is 0.402. The van der Waals surface area contributed by atoms with Crippen LogP contribution in [0.3, 0.4) is 0 Å². The van der Waals surface area contributed by atoms with Gasteiger partial charge in [0.15, 0.2) is 0 Å². The summed E-state index contributed by atoms with van der Waals surface area (Å²) in [6.07, 6.45) is 1.23. The minimum atomic E-state index is 0.641. The number of allylic oxidation sites excluding steroid dienone is 1. The molecule has 0 aliphatic carbocycles. The van der Waals surface area contributed by atoms with E-state index in [2.05, 4.69) is 41.2 Å². The summed E-state index contributed by atoms with van der Waals surface area (Å²) in [5.41, 5.74) is 1.42. The van der Waals surface area contributed by atoms with E-state index in [0.29, 0.717) is 5.92 Å². The van der Waals surface area contributed by atoms with E-state index in [-0.39, 0.29) is 0 Å². The van der Waals surface area contributed by atoms with Crippen molar-refractivity contribution >= 4 is 0 Å². The fourth-order valence-corrected chi connectivity index (χ4v) is 1.59. The second kappa shape index (κ2) is 4.58. The van der Waals surface area contributed by atoms with Crippen molar-refractivity contribution in [2.75, 3.05) is 0 Å². The van der Waals surface area contributed by atoms with Gasteiger partial charge in [0.1, 0.15) is 0 Å². The third-order valence-electron chi connectivity index (χ3n) is 2.46. The highest BCUT2D eigenvalue weighted by Crippen LogP contribution is 2.27. The van der Waals surface area contributed by atoms with E-state index in [4.69, 9.17) is 0 Å². The van der Waals surface area contributed by atoms with Gasteiger partial charge in [-0.3, -0.25) is 0 Å². The molecular weight excluding hydrogens is 132 g/mol. The Balaban J connectivity index is 4.15. The fraction of sp³-hybridized carbons (Fsp3) is 0.818. The Labute approximate surface area is 71.7 Å². The van der Waals surface area contributed by atoms with Gasteiger partial charge in [0.25, 0.3) is 0 Å². The van der Waals surface area contributed by atoms with Crippen LogP contribution >= 0.6 is 0 Å². The third-order valence-corrected chi connectivity index (χ3v) is 2.46. The molecule has 0 amide bonds. The molecule has 0 fully saturated rings. The molecular formula is C11H22. The molecule has 0 saturated carbocycles. The first kappa shape index (κ1) is 10.7. The average molecular weight is 154 g/mol. The van der Waals surface area contributed by atoms with Crippen molar-refractivity contribution in [1.29, 1.82) is 0 Å². The van der Waals surface area contributed by atoms with Crippen molar-refractivity contribution < 1.29 is 0 Å². The van der Waals surface area contributed by atoms with E-state index < -0.39 is 0 Å². The summed E-state index contributed by atoms with van der Waals surface area (Å²) in [5, 5.41) is 0. The smallest absolute Gasteiger partial charge is 0.0183 e. The largest absolute Gasteiger partial charge is 0.0993 e. The minimum Gasteiger partial charge on any atom is -0.0993 e. The van der Waals surface area contributed by atoms with Gasteiger partial charge >= 0.3 is 0 Å². The van der Waals surface area contributed by atoms with Crippen molar-refractivity contribution in [3.8, 4) is 0 Å². The molecule has 0 radical (unpaired) electrons. The SMILES string of the molecule is C=C(C(C)C)C(CC)C(C)C. The Morgan fingerprint density at radius 3 is 1.73 bits per heavy atom. The van der Waals surface area contributed by atoms with Gasteiger partial charge in [-0.1, -0.05) is 46.8 Å². The van der Waals surface area contributed by atoms with Gasteiger partial charge < -0.3 is 0 Å². The van der Waals surface area contributed by atoms with E-state index in [1.165, 1.54) is 12.0 Å². The first-order valence-corrected chi connectivity index (χ1v) is 4.69. The van der Waals surface area contributed by atoms with Gasteiger partial charge in [-0.25, -0.2) is 0 Å². The lowest BCUT2D eigenvalue weighted by Crippen LogP contribution is -2.13. The van der Waals surface area contributed by atoms with Crippen LogP contribution in [0.5, 0.6) is 0 Å². The molecule has 0 spiro atoms. The predicted octanol–water partition coefficient (Wildman–Crippen LogP) is 3.88. The van der Waals surface area contributed by atoms with Crippen LogP contribution in [0.4, 0.5) is 0 Å². The first-order chi connectivity index (χ1) is 5.00. The molecule has 0 rings (SSSR count). The molecule has 66 valence electrons. The lowest BCUT2D eigenvalue weighted by Gasteiger charge is -2.24. The number of hydrogen-bond acceptors (Lipinski definition) is 0. The van der Waals surface area contributed by atoms with E-state index in [1.807, 2.05) is 0 Å². The monoisotopic (exact) mass is 154 g/mol. The van der Waals surface area contributed by atoms with Gasteiger partial charge in [0.05, 0.1) is 0 Å². The summed E-state index contributed by atoms with van der Waals surface area (Å²) >= 11 is 0. The van der Waals surface area contributed by atoms with Gasteiger partial charge in [0, 0.05) is 0 Å². The molecule has 1 atom stereocenters. The summed E-state index contributed by atoms with van der Waals surface area (Å²) in [5.74, 6) is 2.10. The Morgan fingerprint density at radius 2 is 1.64 bits per heavy atom. The van der Waals surface area contributed by atoms with Crippen molar-refractivity contribution in [2.45, 2.75) is 41.0 Å². The number of rotatable bonds is 4. The third kappa shape index (κ3) is 3.09. The molecule has 0 heterocycles. The molecule has 0 aromatic rings. The molecule has 0 aromatic carbocycles. The van der Waals surface area contributed by atoms with Gasteiger partial charge in [0.2, 0.25) is 0 Å². The predicted molar refractivity (Wildman–Crippen MR) is 52.6 cm³/mol. The maximum Gasteiger partial charge on any atom is -0.0183 e. The van der Waals surface area contributed by atoms with Crippen molar-refractivity contribution in [3.05, 3.63) is 12.2 Å². The molecule has 0 aliphatic rings. The Hall–Kier alpha value is -0.260. The minimum absolute atomic E-state index is 0.641. The molecule has 0 saturated heterocycles. The van der Waals surface area contributed by atoms with E-state index in [9.17, 15) is 0 Å². The van der Waals surface area contributed by atoms with Crippen molar-refractivity contribution in [2.24, 2.45) is 17.8 Å². The zero-order chi connectivity index (χ0) is 9.02. The van der Waals surface area contributed by atoms with Crippen LogP contribution in [-0.4, -0.2) is 0 Å². The summed E-state index contributed by atoms with van der Waals surface area (Å²) in [4.78, 5) is 0. The summed E-state index contributed by atoms with van der Waals surface area (Å²) in [7, 11) is 0. The zero-order valence-electron chi connectivity index (χ0n) is 8.65. The zero-order valence-corrected chi connectivity index (χ0v) is 8.65. The van der Waals surface area contributed by atoms with Gasteiger partial charge in [-0.2, -0.15) is 0 Å². The Bertz CT molecular complexity index is 120. The van der Waals surface area contributed by atoms with E-state index >= 15 is 0 Å². The van der Waals surface area contributed by atoms with Crippen LogP contribution in [-0.2, 0) is 0 Å². The second-order valence-electron chi connectivity index (χ2n) is 3.99. The molecule has 1 unspecified atom stereocenters. The molecule has 0 aliphatic heterocycles. The normalized spacial score (nSPS) is 14.1. The van der Waals surface area contributed by atoms with Crippen molar-refractivity contribution in [3.63, 3.8) is 0 Å². The highest BCUT2D eigenvalue weighted by Gasteiger charge is 2.16. The van der Waals surface area contributed by atoms with Crippen LogP contribution in [0.1, 0.15) is 41.0 Å². The second-order valence-corrected chi connectivity index (χ2v) is 3.99. The van der Waals surface area contributed by atoms with Crippen LogP contribution < -0.4 is 0 Å². The molecule has 0 N–H and O–H groups in total. The topological polar surface area (TPSA) is 0 Å². The maximum atomic E-state index is 4.15. The molecule has 0 nitrogen and oxygen atoms in total. The quantitative estimate of drug-likeness (QED) is 0.539. The molecule has 11 heavy (non-hydrogen) atoms. The van der Waals surface area contributed by atoms with Gasteiger partial charge in [-0.05, 0) is 24.2 Å². The molecule has 0 heteroatoms. The lowest BCUT2D eigenvalue weighted by atomic mass is 9.82. The van der Waals surface area contributed by atoms with Crippen molar-refractivity contribution in [1.82, 2.24) is 0 Å². The van der Waals surface area contributed by atoms with Crippen LogP contribution in [0, 0.1) is 17.8 Å². The van der Waals surface area contributed by atoms with Gasteiger partial charge in [-0.15, -0.1) is 0 Å². The molecule has 0 aromatic heterocycles. The summed E-state index contributed by atoms with van der Waals surface area (Å²) in [6, 6.07) is 0. The molecule has 0 bridgehead atoms. The van der Waals surface area contributed by atoms with Crippen LogP contribution in [0.15, 0.2) is 12.2 Å². The van der Waals surface area contributed by atoms with Crippen LogP contribution in [0.2, 0.25) is 0 Å². The highest BCUT2D eigenvalue weighted by molar-refractivity contribution is 5.04. The number of hydrogen-bond donors (Lipinski definition) is 0.